The largest absolute Gasteiger partial charge is 0.381 e. The van der Waals surface area contributed by atoms with Crippen molar-refractivity contribution in [2.75, 3.05) is 11.9 Å². The monoisotopic (exact) mass is 366 g/mol. The van der Waals surface area contributed by atoms with Gasteiger partial charge >= 0.3 is 0 Å². The topological polar surface area (TPSA) is 41.1 Å². The highest BCUT2D eigenvalue weighted by molar-refractivity contribution is 9.10. The summed E-state index contributed by atoms with van der Waals surface area (Å²) in [6.07, 6.45) is 0. The third kappa shape index (κ3) is 4.48. The quantitative estimate of drug-likeness (QED) is 0.819. The number of hydrogen-bond acceptors (Lipinski definition) is 2. The van der Waals surface area contributed by atoms with Gasteiger partial charge in [-0.05, 0) is 64.8 Å². The molecule has 0 bridgehead atoms. The van der Waals surface area contributed by atoms with Crippen LogP contribution in [-0.4, -0.2) is 12.5 Å². The van der Waals surface area contributed by atoms with Crippen LogP contribution in [0.4, 0.5) is 5.69 Å². The van der Waals surface area contributed by atoms with Crippen molar-refractivity contribution in [3.8, 4) is 0 Å². The van der Waals surface area contributed by atoms with Crippen molar-refractivity contribution >= 4 is 39.1 Å². The van der Waals surface area contributed by atoms with Gasteiger partial charge in [0.15, 0.2) is 0 Å². The third-order valence-corrected chi connectivity index (χ3v) is 4.18. The number of amides is 1. The Morgan fingerprint density at radius 2 is 1.90 bits per heavy atom. The van der Waals surface area contributed by atoms with Crippen LogP contribution in [-0.2, 0) is 6.54 Å². The van der Waals surface area contributed by atoms with E-state index in [1.165, 1.54) is 0 Å². The summed E-state index contributed by atoms with van der Waals surface area (Å²) < 4.78 is 0.884. The van der Waals surface area contributed by atoms with Crippen molar-refractivity contribution < 1.29 is 4.79 Å². The van der Waals surface area contributed by atoms with E-state index in [2.05, 4.69) is 26.6 Å². The van der Waals surface area contributed by atoms with Gasteiger partial charge in [0, 0.05) is 28.8 Å². The van der Waals surface area contributed by atoms with E-state index in [0.29, 0.717) is 23.7 Å². The zero-order valence-electron chi connectivity index (χ0n) is 11.6. The van der Waals surface area contributed by atoms with E-state index in [1.807, 2.05) is 49.4 Å². The molecular weight excluding hydrogens is 352 g/mol. The van der Waals surface area contributed by atoms with E-state index >= 15 is 0 Å². The first kappa shape index (κ1) is 15.9. The number of halogens is 2. The van der Waals surface area contributed by atoms with Gasteiger partial charge in [-0.2, -0.15) is 0 Å². The minimum atomic E-state index is -0.0503. The van der Waals surface area contributed by atoms with Gasteiger partial charge in [-0.1, -0.05) is 17.7 Å². The van der Waals surface area contributed by atoms with Crippen LogP contribution in [0.15, 0.2) is 46.9 Å². The number of nitrogens with one attached hydrogen (secondary N) is 2. The summed E-state index contributed by atoms with van der Waals surface area (Å²) in [5, 5.41) is 6.78. The lowest BCUT2D eigenvalue weighted by atomic mass is 10.2. The van der Waals surface area contributed by atoms with Crippen LogP contribution in [0.3, 0.4) is 0 Å². The Morgan fingerprint density at radius 1 is 1.19 bits per heavy atom. The Kier molecular flexibility index (Phi) is 5.65. The number of hydrogen-bond donors (Lipinski definition) is 2. The molecule has 0 unspecified atom stereocenters. The van der Waals surface area contributed by atoms with E-state index in [1.54, 1.807) is 0 Å². The molecule has 3 nitrogen and oxygen atoms in total. The first-order valence-corrected chi connectivity index (χ1v) is 7.83. The van der Waals surface area contributed by atoms with Crippen LogP contribution in [0.2, 0.25) is 5.02 Å². The zero-order valence-corrected chi connectivity index (χ0v) is 14.0. The number of anilines is 1. The summed E-state index contributed by atoms with van der Waals surface area (Å²) in [7, 11) is 0. The highest BCUT2D eigenvalue weighted by Gasteiger charge is 2.03. The number of rotatable bonds is 5. The molecule has 0 saturated carbocycles. The minimum Gasteiger partial charge on any atom is -0.381 e. The molecule has 110 valence electrons. The maximum Gasteiger partial charge on any atom is 0.251 e. The average Bonchev–Trinajstić information content (AvgIpc) is 2.49. The van der Waals surface area contributed by atoms with Gasteiger partial charge in [-0.25, -0.2) is 0 Å². The Hall–Kier alpha value is -1.52. The lowest BCUT2D eigenvalue weighted by Crippen LogP contribution is -2.22. The summed E-state index contributed by atoms with van der Waals surface area (Å²) in [6.45, 7) is 3.22. The summed E-state index contributed by atoms with van der Waals surface area (Å²) >= 11 is 9.37. The van der Waals surface area contributed by atoms with Gasteiger partial charge in [0.2, 0.25) is 0 Å². The molecule has 2 aromatic carbocycles. The van der Waals surface area contributed by atoms with Crippen LogP contribution in [0.1, 0.15) is 22.8 Å². The Morgan fingerprint density at radius 3 is 2.52 bits per heavy atom. The van der Waals surface area contributed by atoms with Gasteiger partial charge in [0.1, 0.15) is 0 Å². The van der Waals surface area contributed by atoms with E-state index < -0.39 is 0 Å². The fourth-order valence-corrected chi connectivity index (χ4v) is 2.40. The molecule has 0 atom stereocenters. The molecule has 0 aromatic heterocycles. The average molecular weight is 368 g/mol. The van der Waals surface area contributed by atoms with Crippen LogP contribution < -0.4 is 10.6 Å². The SMILES string of the molecule is CCNC(=O)c1ccc(NCc2ccc(Cl)c(Br)c2)cc1. The van der Waals surface area contributed by atoms with Crippen molar-refractivity contribution in [2.24, 2.45) is 0 Å². The van der Waals surface area contributed by atoms with Gasteiger partial charge in [-0.15, -0.1) is 0 Å². The Labute approximate surface area is 137 Å². The fourth-order valence-electron chi connectivity index (χ4n) is 1.86. The van der Waals surface area contributed by atoms with Crippen LogP contribution in [0.5, 0.6) is 0 Å². The summed E-state index contributed by atoms with van der Waals surface area (Å²) in [4.78, 5) is 11.7. The van der Waals surface area contributed by atoms with Crippen molar-refractivity contribution in [3.63, 3.8) is 0 Å². The summed E-state index contributed by atoms with van der Waals surface area (Å²) in [5.41, 5.74) is 2.75. The maximum absolute atomic E-state index is 11.7. The predicted molar refractivity (Wildman–Crippen MR) is 90.9 cm³/mol. The fraction of sp³-hybridized carbons (Fsp3) is 0.188. The molecule has 0 saturated heterocycles. The summed E-state index contributed by atoms with van der Waals surface area (Å²) in [6, 6.07) is 13.2. The molecule has 0 aliphatic carbocycles. The maximum atomic E-state index is 11.7. The molecule has 2 rings (SSSR count). The van der Waals surface area contributed by atoms with Crippen molar-refractivity contribution in [1.82, 2.24) is 5.32 Å². The van der Waals surface area contributed by atoms with Gasteiger partial charge in [-0.3, -0.25) is 4.79 Å². The molecule has 0 radical (unpaired) electrons. The first-order valence-electron chi connectivity index (χ1n) is 6.66. The van der Waals surface area contributed by atoms with E-state index in [0.717, 1.165) is 15.7 Å². The predicted octanol–water partition coefficient (Wildman–Crippen LogP) is 4.46. The molecule has 21 heavy (non-hydrogen) atoms. The lowest BCUT2D eigenvalue weighted by molar-refractivity contribution is 0.0956. The normalized spacial score (nSPS) is 10.2. The van der Waals surface area contributed by atoms with Crippen LogP contribution in [0, 0.1) is 0 Å². The third-order valence-electron chi connectivity index (χ3n) is 2.97. The van der Waals surface area contributed by atoms with E-state index in [4.69, 9.17) is 11.6 Å². The second kappa shape index (κ2) is 7.48. The minimum absolute atomic E-state index is 0.0503. The van der Waals surface area contributed by atoms with Gasteiger partial charge in [0.25, 0.3) is 5.91 Å². The van der Waals surface area contributed by atoms with Gasteiger partial charge in [0.05, 0.1) is 5.02 Å². The summed E-state index contributed by atoms with van der Waals surface area (Å²) in [5.74, 6) is -0.0503. The van der Waals surface area contributed by atoms with Crippen molar-refractivity contribution in [2.45, 2.75) is 13.5 Å². The first-order chi connectivity index (χ1) is 10.1. The molecule has 0 spiro atoms. The van der Waals surface area contributed by atoms with Crippen molar-refractivity contribution in [3.05, 3.63) is 63.1 Å². The smallest absolute Gasteiger partial charge is 0.251 e. The zero-order chi connectivity index (χ0) is 15.2. The van der Waals surface area contributed by atoms with Crippen LogP contribution >= 0.6 is 27.5 Å². The molecule has 0 fully saturated rings. The molecule has 0 heterocycles. The number of carbonyl (C=O) groups excluding carboxylic acids is 1. The highest BCUT2D eigenvalue weighted by Crippen LogP contribution is 2.23. The Bertz CT molecular complexity index is 629. The number of benzene rings is 2. The molecule has 2 aromatic rings. The molecule has 1 amide bonds. The molecule has 0 aliphatic heterocycles. The second-order valence-electron chi connectivity index (χ2n) is 4.54. The molecule has 5 heteroatoms. The lowest BCUT2D eigenvalue weighted by Gasteiger charge is -2.08. The number of carbonyl (C=O) groups is 1. The molecular formula is C16H16BrClN2O. The molecule has 2 N–H and O–H groups in total. The van der Waals surface area contributed by atoms with Gasteiger partial charge < -0.3 is 10.6 Å². The highest BCUT2D eigenvalue weighted by atomic mass is 79.9. The Balaban J connectivity index is 1.97. The van der Waals surface area contributed by atoms with E-state index in [-0.39, 0.29) is 5.91 Å². The standard InChI is InChI=1S/C16H16BrClN2O/c1-2-19-16(21)12-4-6-13(7-5-12)20-10-11-3-8-15(18)14(17)9-11/h3-9,20H,2,10H2,1H3,(H,19,21). The molecule has 0 aliphatic rings. The van der Waals surface area contributed by atoms with E-state index in [9.17, 15) is 4.79 Å². The van der Waals surface area contributed by atoms with Crippen LogP contribution in [0.25, 0.3) is 0 Å². The second-order valence-corrected chi connectivity index (χ2v) is 5.80. The van der Waals surface area contributed by atoms with Crippen molar-refractivity contribution in [1.29, 1.82) is 0 Å².